The van der Waals surface area contributed by atoms with Crippen LogP contribution >= 0.6 is 0 Å². The number of carbonyl (C=O) groups is 2. The number of nitrogens with zero attached hydrogens (tertiary/aromatic N) is 1. The topological polar surface area (TPSA) is 88.1 Å². The van der Waals surface area contributed by atoms with Gasteiger partial charge in [0.05, 0.1) is 25.8 Å². The number of benzene rings is 2. The van der Waals surface area contributed by atoms with Gasteiger partial charge in [-0.2, -0.15) is 0 Å². The predicted octanol–water partition coefficient (Wildman–Crippen LogP) is 3.45. The van der Waals surface area contributed by atoms with Crippen LogP contribution < -0.4 is 14.8 Å². The van der Waals surface area contributed by atoms with Crippen LogP contribution in [0, 0.1) is 0 Å². The summed E-state index contributed by atoms with van der Waals surface area (Å²) in [6.45, 7) is 1.01. The number of hydrogen-bond acceptors (Lipinski definition) is 4. The van der Waals surface area contributed by atoms with Crippen LogP contribution in [0.25, 0.3) is 0 Å². The molecule has 1 aliphatic heterocycles. The van der Waals surface area contributed by atoms with Crippen molar-refractivity contribution in [3.05, 3.63) is 59.2 Å². The number of rotatable bonds is 6. The second kappa shape index (κ2) is 8.65. The van der Waals surface area contributed by atoms with Gasteiger partial charge in [0.25, 0.3) is 0 Å². The molecule has 0 saturated carbocycles. The molecule has 3 rings (SSSR count). The van der Waals surface area contributed by atoms with Crippen molar-refractivity contribution in [2.45, 2.75) is 25.4 Å². The van der Waals surface area contributed by atoms with Crippen molar-refractivity contribution in [2.24, 2.45) is 0 Å². The molecule has 1 aliphatic rings. The van der Waals surface area contributed by atoms with Gasteiger partial charge in [-0.05, 0) is 42.7 Å². The molecule has 1 heterocycles. The number of amides is 2. The lowest BCUT2D eigenvalue weighted by Gasteiger charge is -2.26. The molecule has 0 bridgehead atoms. The van der Waals surface area contributed by atoms with E-state index in [-0.39, 0.29) is 17.6 Å². The van der Waals surface area contributed by atoms with E-state index in [0.717, 1.165) is 24.0 Å². The van der Waals surface area contributed by atoms with Crippen molar-refractivity contribution in [3.8, 4) is 11.5 Å². The molecule has 2 aromatic carbocycles. The summed E-state index contributed by atoms with van der Waals surface area (Å²) in [5.41, 5.74) is 2.03. The predicted molar refractivity (Wildman–Crippen MR) is 104 cm³/mol. The normalized spacial score (nSPS) is 15.9. The number of carbonyl (C=O) groups excluding carboxylic acids is 1. The van der Waals surface area contributed by atoms with Crippen molar-refractivity contribution in [1.82, 2.24) is 10.2 Å². The summed E-state index contributed by atoms with van der Waals surface area (Å²) in [5.74, 6) is 0.441. The van der Waals surface area contributed by atoms with Gasteiger partial charge in [0.15, 0.2) is 0 Å². The van der Waals surface area contributed by atoms with Gasteiger partial charge in [-0.25, -0.2) is 9.59 Å². The van der Waals surface area contributed by atoms with Crippen LogP contribution in [-0.4, -0.2) is 42.8 Å². The van der Waals surface area contributed by atoms with Crippen molar-refractivity contribution < 1.29 is 24.2 Å². The first-order valence-corrected chi connectivity index (χ1v) is 9.12. The van der Waals surface area contributed by atoms with E-state index >= 15 is 0 Å². The summed E-state index contributed by atoms with van der Waals surface area (Å²) in [4.78, 5) is 25.5. The third kappa shape index (κ3) is 4.19. The smallest absolute Gasteiger partial charge is 0.335 e. The number of methoxy groups -OCH3 is 2. The van der Waals surface area contributed by atoms with Gasteiger partial charge >= 0.3 is 12.0 Å². The van der Waals surface area contributed by atoms with E-state index in [2.05, 4.69) is 5.32 Å². The van der Waals surface area contributed by atoms with Crippen molar-refractivity contribution >= 4 is 12.0 Å². The zero-order valence-corrected chi connectivity index (χ0v) is 16.0. The van der Waals surface area contributed by atoms with Crippen LogP contribution in [0.2, 0.25) is 0 Å². The minimum atomic E-state index is -0.969. The number of urea groups is 1. The van der Waals surface area contributed by atoms with Crippen LogP contribution in [0.15, 0.2) is 42.5 Å². The standard InChI is InChI=1S/C21H24N2O5/c1-27-16-9-10-17(19(12-16)28-2)18-4-3-11-23(18)21(26)22-13-14-5-7-15(8-6-14)20(24)25/h5-10,12,18H,3-4,11,13H2,1-2H3,(H,22,26)(H,24,25). The number of aromatic carboxylic acids is 1. The second-order valence-electron chi connectivity index (χ2n) is 6.62. The fraction of sp³-hybridized carbons (Fsp3) is 0.333. The lowest BCUT2D eigenvalue weighted by atomic mass is 10.0. The average Bonchev–Trinajstić information content (AvgIpc) is 3.21. The summed E-state index contributed by atoms with van der Waals surface area (Å²) >= 11 is 0. The Bertz CT molecular complexity index is 850. The van der Waals surface area contributed by atoms with E-state index in [9.17, 15) is 9.59 Å². The molecule has 1 unspecified atom stereocenters. The Morgan fingerprint density at radius 2 is 1.89 bits per heavy atom. The fourth-order valence-corrected chi connectivity index (χ4v) is 3.47. The molecule has 0 radical (unpaired) electrons. The molecule has 2 aromatic rings. The molecule has 0 aliphatic carbocycles. The number of ether oxygens (including phenoxy) is 2. The van der Waals surface area contributed by atoms with E-state index < -0.39 is 5.97 Å². The zero-order chi connectivity index (χ0) is 20.1. The number of hydrogen-bond donors (Lipinski definition) is 2. The van der Waals surface area contributed by atoms with Crippen LogP contribution in [0.1, 0.15) is 40.4 Å². The van der Waals surface area contributed by atoms with E-state index in [1.165, 1.54) is 12.1 Å². The Labute approximate surface area is 163 Å². The summed E-state index contributed by atoms with van der Waals surface area (Å²) in [5, 5.41) is 11.9. The molecule has 1 saturated heterocycles. The van der Waals surface area contributed by atoms with Crippen molar-refractivity contribution in [1.29, 1.82) is 0 Å². The molecule has 7 nitrogen and oxygen atoms in total. The maximum atomic E-state index is 12.8. The summed E-state index contributed by atoms with van der Waals surface area (Å²) in [7, 11) is 3.21. The molecule has 0 aromatic heterocycles. The molecular formula is C21H24N2O5. The molecule has 148 valence electrons. The van der Waals surface area contributed by atoms with Gasteiger partial charge in [0.2, 0.25) is 0 Å². The first kappa shape index (κ1) is 19.5. The molecule has 28 heavy (non-hydrogen) atoms. The van der Waals surface area contributed by atoms with Crippen LogP contribution in [-0.2, 0) is 6.54 Å². The maximum absolute atomic E-state index is 12.8. The van der Waals surface area contributed by atoms with Crippen LogP contribution in [0.5, 0.6) is 11.5 Å². The second-order valence-corrected chi connectivity index (χ2v) is 6.62. The van der Waals surface area contributed by atoms with E-state index in [1.807, 2.05) is 23.1 Å². The number of carboxylic acid groups (broad SMARTS) is 1. The van der Waals surface area contributed by atoms with E-state index in [0.29, 0.717) is 24.6 Å². The van der Waals surface area contributed by atoms with Crippen molar-refractivity contribution in [2.75, 3.05) is 20.8 Å². The fourth-order valence-electron chi connectivity index (χ4n) is 3.47. The SMILES string of the molecule is COc1ccc(C2CCCN2C(=O)NCc2ccc(C(=O)O)cc2)c(OC)c1. The molecule has 2 N–H and O–H groups in total. The lowest BCUT2D eigenvalue weighted by Crippen LogP contribution is -2.39. The maximum Gasteiger partial charge on any atom is 0.335 e. The Morgan fingerprint density at radius 1 is 1.14 bits per heavy atom. The molecular weight excluding hydrogens is 360 g/mol. The third-order valence-electron chi connectivity index (χ3n) is 4.96. The summed E-state index contributed by atoms with van der Waals surface area (Å²) in [6, 6.07) is 11.9. The first-order chi connectivity index (χ1) is 13.5. The molecule has 2 amide bonds. The molecule has 1 atom stereocenters. The number of likely N-dealkylation sites (tertiary alicyclic amines) is 1. The largest absolute Gasteiger partial charge is 0.497 e. The summed E-state index contributed by atoms with van der Waals surface area (Å²) in [6.07, 6.45) is 1.78. The lowest BCUT2D eigenvalue weighted by molar-refractivity contribution is 0.0697. The number of carboxylic acids is 1. The highest BCUT2D eigenvalue weighted by molar-refractivity contribution is 5.87. The Kier molecular flexibility index (Phi) is 6.03. The van der Waals surface area contributed by atoms with E-state index in [1.54, 1.807) is 26.4 Å². The Hall–Kier alpha value is -3.22. The first-order valence-electron chi connectivity index (χ1n) is 9.12. The van der Waals surface area contributed by atoms with Gasteiger partial charge in [-0.3, -0.25) is 0 Å². The third-order valence-corrected chi connectivity index (χ3v) is 4.96. The van der Waals surface area contributed by atoms with E-state index in [4.69, 9.17) is 14.6 Å². The minimum Gasteiger partial charge on any atom is -0.497 e. The monoisotopic (exact) mass is 384 g/mol. The van der Waals surface area contributed by atoms with Crippen LogP contribution in [0.3, 0.4) is 0 Å². The van der Waals surface area contributed by atoms with Crippen molar-refractivity contribution in [3.63, 3.8) is 0 Å². The highest BCUT2D eigenvalue weighted by atomic mass is 16.5. The van der Waals surface area contributed by atoms with Gasteiger partial charge in [0.1, 0.15) is 11.5 Å². The van der Waals surface area contributed by atoms with Gasteiger partial charge in [-0.1, -0.05) is 12.1 Å². The van der Waals surface area contributed by atoms with Gasteiger partial charge in [-0.15, -0.1) is 0 Å². The molecule has 0 spiro atoms. The average molecular weight is 384 g/mol. The Balaban J connectivity index is 1.68. The quantitative estimate of drug-likeness (QED) is 0.796. The van der Waals surface area contributed by atoms with Crippen LogP contribution in [0.4, 0.5) is 4.79 Å². The zero-order valence-electron chi connectivity index (χ0n) is 16.0. The molecule has 7 heteroatoms. The minimum absolute atomic E-state index is 0.0600. The Morgan fingerprint density at radius 3 is 2.54 bits per heavy atom. The number of nitrogens with one attached hydrogen (secondary N) is 1. The molecule has 1 fully saturated rings. The highest BCUT2D eigenvalue weighted by Gasteiger charge is 2.31. The van der Waals surface area contributed by atoms with Gasteiger partial charge < -0.3 is 24.8 Å². The van der Waals surface area contributed by atoms with Gasteiger partial charge in [0, 0.05) is 24.7 Å². The summed E-state index contributed by atoms with van der Waals surface area (Å²) < 4.78 is 10.8. The highest BCUT2D eigenvalue weighted by Crippen LogP contribution is 2.38.